The largest absolute Gasteiger partial charge is 0.389 e. The van der Waals surface area contributed by atoms with Gasteiger partial charge in [0.15, 0.2) is 0 Å². The van der Waals surface area contributed by atoms with Crippen molar-refractivity contribution in [3.63, 3.8) is 0 Å². The Labute approximate surface area is 117 Å². The number of rotatable bonds is 3. The highest BCUT2D eigenvalue weighted by Gasteiger charge is 2.12. The molecule has 4 heteroatoms. The summed E-state index contributed by atoms with van der Waals surface area (Å²) in [5.41, 5.74) is 9.25. The number of aryl methyl sites for hydroxylation is 1. The van der Waals surface area contributed by atoms with Crippen LogP contribution in [0.3, 0.4) is 0 Å². The summed E-state index contributed by atoms with van der Waals surface area (Å²) in [7, 11) is 1.87. The van der Waals surface area contributed by atoms with Gasteiger partial charge in [-0.3, -0.25) is 0 Å². The SMILES string of the molecule is Cc1ccc(C(N)=S)c(N(C)c2cccc(F)c2)c1. The molecule has 0 aromatic heterocycles. The van der Waals surface area contributed by atoms with Gasteiger partial charge in [0.2, 0.25) is 0 Å². The second-order valence-corrected chi connectivity index (χ2v) is 4.86. The predicted octanol–water partition coefficient (Wildman–Crippen LogP) is 3.54. The number of halogens is 1. The molecule has 0 aliphatic carbocycles. The molecule has 2 aromatic carbocycles. The molecule has 0 heterocycles. The van der Waals surface area contributed by atoms with Crippen LogP contribution in [0.1, 0.15) is 11.1 Å². The van der Waals surface area contributed by atoms with Gasteiger partial charge in [0.05, 0.1) is 5.69 Å². The van der Waals surface area contributed by atoms with Crippen molar-refractivity contribution in [1.82, 2.24) is 0 Å². The van der Waals surface area contributed by atoms with E-state index < -0.39 is 0 Å². The lowest BCUT2D eigenvalue weighted by Gasteiger charge is -2.23. The fraction of sp³-hybridized carbons (Fsp3) is 0.133. The van der Waals surface area contributed by atoms with Crippen molar-refractivity contribution in [2.75, 3.05) is 11.9 Å². The van der Waals surface area contributed by atoms with E-state index >= 15 is 0 Å². The quantitative estimate of drug-likeness (QED) is 0.868. The first kappa shape index (κ1) is 13.5. The maximum absolute atomic E-state index is 13.3. The van der Waals surface area contributed by atoms with E-state index in [4.69, 9.17) is 18.0 Å². The van der Waals surface area contributed by atoms with Crippen molar-refractivity contribution < 1.29 is 4.39 Å². The van der Waals surface area contributed by atoms with Gasteiger partial charge in [-0.2, -0.15) is 0 Å². The summed E-state index contributed by atoms with van der Waals surface area (Å²) in [6.45, 7) is 1.99. The zero-order valence-electron chi connectivity index (χ0n) is 10.9. The van der Waals surface area contributed by atoms with E-state index in [9.17, 15) is 4.39 Å². The average molecular weight is 274 g/mol. The predicted molar refractivity (Wildman–Crippen MR) is 81.5 cm³/mol. The van der Waals surface area contributed by atoms with E-state index in [0.29, 0.717) is 4.99 Å². The Morgan fingerprint density at radius 3 is 2.58 bits per heavy atom. The second-order valence-electron chi connectivity index (χ2n) is 4.42. The molecule has 0 aliphatic rings. The van der Waals surface area contributed by atoms with Crippen LogP contribution in [0.15, 0.2) is 42.5 Å². The first-order chi connectivity index (χ1) is 8.99. The number of hydrogen-bond donors (Lipinski definition) is 1. The summed E-state index contributed by atoms with van der Waals surface area (Å²) in [5.74, 6) is -0.270. The van der Waals surface area contributed by atoms with Gasteiger partial charge in [0.1, 0.15) is 10.8 Å². The number of thiocarbonyl (C=S) groups is 1. The highest BCUT2D eigenvalue weighted by atomic mass is 32.1. The van der Waals surface area contributed by atoms with Gasteiger partial charge in [-0.25, -0.2) is 4.39 Å². The molecule has 0 amide bonds. The highest BCUT2D eigenvalue weighted by Crippen LogP contribution is 2.28. The lowest BCUT2D eigenvalue weighted by atomic mass is 10.1. The molecular formula is C15H15FN2S. The summed E-state index contributed by atoms with van der Waals surface area (Å²) < 4.78 is 13.3. The number of hydrogen-bond acceptors (Lipinski definition) is 2. The average Bonchev–Trinajstić information content (AvgIpc) is 2.37. The molecule has 2 N–H and O–H groups in total. The van der Waals surface area contributed by atoms with Gasteiger partial charge in [-0.15, -0.1) is 0 Å². The van der Waals surface area contributed by atoms with E-state index in [2.05, 4.69) is 0 Å². The molecule has 98 valence electrons. The smallest absolute Gasteiger partial charge is 0.125 e. The van der Waals surface area contributed by atoms with Crippen molar-refractivity contribution in [2.24, 2.45) is 5.73 Å². The Balaban J connectivity index is 2.51. The number of nitrogens with zero attached hydrogens (tertiary/aromatic N) is 1. The molecule has 0 saturated carbocycles. The van der Waals surface area contributed by atoms with E-state index in [1.165, 1.54) is 12.1 Å². The van der Waals surface area contributed by atoms with Gasteiger partial charge in [-0.05, 0) is 42.8 Å². The number of benzene rings is 2. The van der Waals surface area contributed by atoms with Gasteiger partial charge in [-0.1, -0.05) is 24.4 Å². The molecule has 0 bridgehead atoms. The minimum atomic E-state index is -0.270. The van der Waals surface area contributed by atoms with Crippen molar-refractivity contribution >= 4 is 28.6 Å². The zero-order valence-corrected chi connectivity index (χ0v) is 11.7. The third-order valence-electron chi connectivity index (χ3n) is 2.98. The highest BCUT2D eigenvalue weighted by molar-refractivity contribution is 7.80. The molecule has 2 rings (SSSR count). The monoisotopic (exact) mass is 274 g/mol. The topological polar surface area (TPSA) is 29.3 Å². The molecule has 0 aliphatic heterocycles. The fourth-order valence-corrected chi connectivity index (χ4v) is 2.12. The van der Waals surface area contributed by atoms with Crippen molar-refractivity contribution in [3.8, 4) is 0 Å². The second kappa shape index (κ2) is 5.36. The van der Waals surface area contributed by atoms with Crippen molar-refractivity contribution in [1.29, 1.82) is 0 Å². The van der Waals surface area contributed by atoms with Gasteiger partial charge < -0.3 is 10.6 Å². The van der Waals surface area contributed by atoms with Crippen LogP contribution in [0.5, 0.6) is 0 Å². The number of anilines is 2. The van der Waals surface area contributed by atoms with Gasteiger partial charge >= 0.3 is 0 Å². The van der Waals surface area contributed by atoms with Crippen molar-refractivity contribution in [3.05, 3.63) is 59.4 Å². The Kier molecular flexibility index (Phi) is 3.81. The Hall–Kier alpha value is -1.94. The first-order valence-corrected chi connectivity index (χ1v) is 6.29. The number of nitrogens with two attached hydrogens (primary N) is 1. The van der Waals surface area contributed by atoms with E-state index in [0.717, 1.165) is 22.5 Å². The Morgan fingerprint density at radius 2 is 1.95 bits per heavy atom. The maximum Gasteiger partial charge on any atom is 0.125 e. The molecule has 0 unspecified atom stereocenters. The van der Waals surface area contributed by atoms with Gasteiger partial charge in [0.25, 0.3) is 0 Å². The summed E-state index contributed by atoms with van der Waals surface area (Å²) >= 11 is 5.06. The summed E-state index contributed by atoms with van der Waals surface area (Å²) in [6.07, 6.45) is 0. The van der Waals surface area contributed by atoms with E-state index in [1.54, 1.807) is 6.07 Å². The zero-order chi connectivity index (χ0) is 14.0. The third kappa shape index (κ3) is 2.90. The standard InChI is InChI=1S/C15H15FN2S/c1-10-6-7-13(15(17)19)14(8-10)18(2)12-5-3-4-11(16)9-12/h3-9H,1-2H3,(H2,17,19). The minimum Gasteiger partial charge on any atom is -0.389 e. The molecule has 19 heavy (non-hydrogen) atoms. The van der Waals surface area contributed by atoms with Crippen molar-refractivity contribution in [2.45, 2.75) is 6.92 Å². The molecule has 0 radical (unpaired) electrons. The van der Waals surface area contributed by atoms with E-state index in [1.807, 2.05) is 43.1 Å². The van der Waals surface area contributed by atoms with Crippen LogP contribution in [0.25, 0.3) is 0 Å². The first-order valence-electron chi connectivity index (χ1n) is 5.89. The lowest BCUT2D eigenvalue weighted by molar-refractivity contribution is 0.628. The fourth-order valence-electron chi connectivity index (χ4n) is 1.95. The molecule has 0 atom stereocenters. The summed E-state index contributed by atoms with van der Waals surface area (Å²) in [4.78, 5) is 2.21. The van der Waals surface area contributed by atoms with E-state index in [-0.39, 0.29) is 5.82 Å². The minimum absolute atomic E-state index is 0.270. The Morgan fingerprint density at radius 1 is 1.21 bits per heavy atom. The molecule has 0 saturated heterocycles. The van der Waals surface area contributed by atoms with Crippen LogP contribution >= 0.6 is 12.2 Å². The molecule has 0 fully saturated rings. The third-order valence-corrected chi connectivity index (χ3v) is 3.20. The van der Waals surface area contributed by atoms with Crippen LogP contribution in [0, 0.1) is 12.7 Å². The molecule has 2 aromatic rings. The van der Waals surface area contributed by atoms with Crippen LogP contribution in [-0.4, -0.2) is 12.0 Å². The Bertz CT molecular complexity index is 625. The summed E-state index contributed by atoms with van der Waals surface area (Å²) in [6, 6.07) is 12.2. The molecule has 2 nitrogen and oxygen atoms in total. The van der Waals surface area contributed by atoms with Crippen LogP contribution in [-0.2, 0) is 0 Å². The maximum atomic E-state index is 13.3. The molecular weight excluding hydrogens is 259 g/mol. The molecule has 0 spiro atoms. The van der Waals surface area contributed by atoms with Crippen LogP contribution in [0.4, 0.5) is 15.8 Å². The normalized spacial score (nSPS) is 10.3. The van der Waals surface area contributed by atoms with Gasteiger partial charge in [0, 0.05) is 18.3 Å². The summed E-state index contributed by atoms with van der Waals surface area (Å²) in [5, 5.41) is 0. The van der Waals surface area contributed by atoms with Crippen LogP contribution in [0.2, 0.25) is 0 Å². The lowest BCUT2D eigenvalue weighted by Crippen LogP contribution is -2.18. The van der Waals surface area contributed by atoms with Crippen LogP contribution < -0.4 is 10.6 Å².